The number of likely N-dealkylation sites (N-methyl/N-ethyl adjacent to an activating group) is 1. The molecular weight excluding hydrogens is 267 g/mol. The summed E-state index contributed by atoms with van der Waals surface area (Å²) in [7, 11) is 1.93. The lowest BCUT2D eigenvalue weighted by Crippen LogP contribution is -2.19. The van der Waals surface area contributed by atoms with Crippen LogP contribution in [0.15, 0.2) is 42.6 Å². The minimum absolute atomic E-state index is 0.170. The van der Waals surface area contributed by atoms with Crippen molar-refractivity contribution in [3.63, 3.8) is 0 Å². The van der Waals surface area contributed by atoms with E-state index in [1.807, 2.05) is 43.4 Å². The fourth-order valence-corrected chi connectivity index (χ4v) is 2.16. The highest BCUT2D eigenvalue weighted by atomic mass is 35.5. The molecular formula is C14H14Cl2N2. The van der Waals surface area contributed by atoms with Crippen molar-refractivity contribution in [1.29, 1.82) is 0 Å². The standard InChI is InChI=1S/C14H14Cl2N2/c1-17-14(13-4-2-3-7-18-13)9-10-5-6-11(15)12(16)8-10/h2-8,14,17H,9H2,1H3. The molecule has 1 unspecified atom stereocenters. The maximum atomic E-state index is 6.02. The van der Waals surface area contributed by atoms with Crippen LogP contribution >= 0.6 is 23.2 Å². The lowest BCUT2D eigenvalue weighted by atomic mass is 10.0. The Bertz CT molecular complexity index is 514. The van der Waals surface area contributed by atoms with Crippen molar-refractivity contribution in [3.05, 3.63) is 63.9 Å². The molecule has 2 nitrogen and oxygen atoms in total. The highest BCUT2D eigenvalue weighted by Gasteiger charge is 2.11. The molecule has 0 amide bonds. The summed E-state index contributed by atoms with van der Waals surface area (Å²) in [6, 6.07) is 11.8. The molecule has 0 aliphatic heterocycles. The topological polar surface area (TPSA) is 24.9 Å². The van der Waals surface area contributed by atoms with E-state index in [-0.39, 0.29) is 6.04 Å². The monoisotopic (exact) mass is 280 g/mol. The molecule has 0 spiro atoms. The molecule has 0 bridgehead atoms. The van der Waals surface area contributed by atoms with Crippen molar-refractivity contribution in [2.75, 3.05) is 7.05 Å². The number of rotatable bonds is 4. The Hall–Kier alpha value is -1.09. The number of aromatic nitrogens is 1. The van der Waals surface area contributed by atoms with Gasteiger partial charge in [0.05, 0.1) is 21.8 Å². The normalized spacial score (nSPS) is 12.4. The smallest absolute Gasteiger partial charge is 0.0595 e. The molecule has 0 fully saturated rings. The molecule has 1 N–H and O–H groups in total. The zero-order chi connectivity index (χ0) is 13.0. The third-order valence-electron chi connectivity index (χ3n) is 2.82. The van der Waals surface area contributed by atoms with Crippen molar-refractivity contribution in [1.82, 2.24) is 10.3 Å². The van der Waals surface area contributed by atoms with Crippen LogP contribution in [-0.2, 0) is 6.42 Å². The third kappa shape index (κ3) is 3.22. The molecule has 0 saturated carbocycles. The Morgan fingerprint density at radius 2 is 2.00 bits per heavy atom. The lowest BCUT2D eigenvalue weighted by molar-refractivity contribution is 0.576. The molecule has 1 heterocycles. The summed E-state index contributed by atoms with van der Waals surface area (Å²) < 4.78 is 0. The number of hydrogen-bond donors (Lipinski definition) is 1. The van der Waals surface area contributed by atoms with E-state index in [0.717, 1.165) is 17.7 Å². The van der Waals surface area contributed by atoms with Gasteiger partial charge in [0.1, 0.15) is 0 Å². The number of nitrogens with zero attached hydrogens (tertiary/aromatic N) is 1. The lowest BCUT2D eigenvalue weighted by Gasteiger charge is -2.15. The first-order valence-electron chi connectivity index (χ1n) is 5.73. The van der Waals surface area contributed by atoms with Crippen LogP contribution in [0.1, 0.15) is 17.3 Å². The number of pyridine rings is 1. The fourth-order valence-electron chi connectivity index (χ4n) is 1.84. The summed E-state index contributed by atoms with van der Waals surface area (Å²) in [4.78, 5) is 4.36. The van der Waals surface area contributed by atoms with Gasteiger partial charge in [-0.25, -0.2) is 0 Å². The van der Waals surface area contributed by atoms with Crippen LogP contribution in [0.4, 0.5) is 0 Å². The van der Waals surface area contributed by atoms with E-state index in [1.54, 1.807) is 6.20 Å². The van der Waals surface area contributed by atoms with E-state index in [9.17, 15) is 0 Å². The summed E-state index contributed by atoms with van der Waals surface area (Å²) in [6.07, 6.45) is 2.62. The van der Waals surface area contributed by atoms with Gasteiger partial charge in [0, 0.05) is 6.20 Å². The molecule has 94 valence electrons. The summed E-state index contributed by atoms with van der Waals surface area (Å²) in [5.41, 5.74) is 2.15. The molecule has 1 aromatic heterocycles. The zero-order valence-corrected chi connectivity index (χ0v) is 11.5. The van der Waals surface area contributed by atoms with E-state index in [1.165, 1.54) is 0 Å². The van der Waals surface area contributed by atoms with Crippen LogP contribution in [0.25, 0.3) is 0 Å². The largest absolute Gasteiger partial charge is 0.311 e. The zero-order valence-electron chi connectivity index (χ0n) is 10.0. The van der Waals surface area contributed by atoms with Crippen LogP contribution in [0, 0.1) is 0 Å². The molecule has 0 saturated heterocycles. The van der Waals surface area contributed by atoms with Crippen LogP contribution in [0.3, 0.4) is 0 Å². The maximum absolute atomic E-state index is 6.02. The number of halogens is 2. The Morgan fingerprint density at radius 1 is 1.17 bits per heavy atom. The predicted molar refractivity (Wildman–Crippen MR) is 76.2 cm³/mol. The highest BCUT2D eigenvalue weighted by molar-refractivity contribution is 6.42. The number of nitrogens with one attached hydrogen (secondary N) is 1. The van der Waals surface area contributed by atoms with E-state index < -0.39 is 0 Å². The summed E-state index contributed by atoms with van der Waals surface area (Å²) in [5, 5.41) is 4.43. The first kappa shape index (κ1) is 13.3. The van der Waals surface area contributed by atoms with Gasteiger partial charge in [0.25, 0.3) is 0 Å². The molecule has 2 rings (SSSR count). The summed E-state index contributed by atoms with van der Waals surface area (Å²) >= 11 is 11.9. The minimum Gasteiger partial charge on any atom is -0.311 e. The van der Waals surface area contributed by atoms with Crippen molar-refractivity contribution >= 4 is 23.2 Å². The van der Waals surface area contributed by atoms with Crippen molar-refractivity contribution in [2.24, 2.45) is 0 Å². The van der Waals surface area contributed by atoms with Gasteiger partial charge >= 0.3 is 0 Å². The van der Waals surface area contributed by atoms with Crippen molar-refractivity contribution < 1.29 is 0 Å². The van der Waals surface area contributed by atoms with Crippen molar-refractivity contribution in [2.45, 2.75) is 12.5 Å². The number of benzene rings is 1. The molecule has 1 atom stereocenters. The second-order valence-electron chi connectivity index (χ2n) is 4.05. The number of hydrogen-bond acceptors (Lipinski definition) is 2. The Morgan fingerprint density at radius 3 is 2.61 bits per heavy atom. The second-order valence-corrected chi connectivity index (χ2v) is 4.86. The van der Waals surface area contributed by atoms with Crippen LogP contribution in [0.2, 0.25) is 10.0 Å². The van der Waals surface area contributed by atoms with Crippen molar-refractivity contribution in [3.8, 4) is 0 Å². The average Bonchev–Trinajstić information content (AvgIpc) is 2.41. The molecule has 0 aliphatic rings. The Balaban J connectivity index is 2.18. The van der Waals surface area contributed by atoms with Crippen LogP contribution < -0.4 is 5.32 Å². The molecule has 1 aromatic carbocycles. The molecule has 0 aliphatic carbocycles. The first-order valence-corrected chi connectivity index (χ1v) is 6.48. The summed E-state index contributed by atoms with van der Waals surface area (Å²) in [6.45, 7) is 0. The van der Waals surface area contributed by atoms with Crippen LogP contribution in [-0.4, -0.2) is 12.0 Å². The Kier molecular flexibility index (Phi) is 4.59. The van der Waals surface area contributed by atoms with Crippen LogP contribution in [0.5, 0.6) is 0 Å². The van der Waals surface area contributed by atoms with E-state index in [2.05, 4.69) is 10.3 Å². The third-order valence-corrected chi connectivity index (χ3v) is 3.56. The van der Waals surface area contributed by atoms with Gasteiger partial charge in [-0.05, 0) is 43.3 Å². The van der Waals surface area contributed by atoms with Gasteiger partial charge in [0.2, 0.25) is 0 Å². The van der Waals surface area contributed by atoms with Gasteiger partial charge in [-0.3, -0.25) is 4.98 Å². The quantitative estimate of drug-likeness (QED) is 0.919. The van der Waals surface area contributed by atoms with E-state index in [0.29, 0.717) is 10.0 Å². The maximum Gasteiger partial charge on any atom is 0.0595 e. The molecule has 4 heteroatoms. The highest BCUT2D eigenvalue weighted by Crippen LogP contribution is 2.25. The molecule has 2 aromatic rings. The van der Waals surface area contributed by atoms with Gasteiger partial charge in [-0.1, -0.05) is 35.3 Å². The van der Waals surface area contributed by atoms with Gasteiger partial charge in [0.15, 0.2) is 0 Å². The van der Waals surface area contributed by atoms with E-state index in [4.69, 9.17) is 23.2 Å². The molecule has 0 radical (unpaired) electrons. The summed E-state index contributed by atoms with van der Waals surface area (Å²) in [5.74, 6) is 0. The second kappa shape index (κ2) is 6.19. The fraction of sp³-hybridized carbons (Fsp3) is 0.214. The predicted octanol–water partition coefficient (Wildman–Crippen LogP) is 3.89. The average molecular weight is 281 g/mol. The van der Waals surface area contributed by atoms with Gasteiger partial charge in [-0.15, -0.1) is 0 Å². The Labute approximate surface area is 117 Å². The SMILES string of the molecule is CNC(Cc1ccc(Cl)c(Cl)c1)c1ccccn1. The van der Waals surface area contributed by atoms with Gasteiger partial charge < -0.3 is 5.32 Å². The van der Waals surface area contributed by atoms with Gasteiger partial charge in [-0.2, -0.15) is 0 Å². The first-order chi connectivity index (χ1) is 8.70. The minimum atomic E-state index is 0.170. The van der Waals surface area contributed by atoms with E-state index >= 15 is 0 Å². The molecule has 18 heavy (non-hydrogen) atoms.